The maximum Gasteiger partial charge on any atom is 0.345 e. The standard InChI is InChI=1S/C17H15FN2O5/c18-14-7-3-1-5-12(14)9-10-19-16(21)11-25-17(22)13-6-2-4-8-15(13)20(23)24/h1-8H,9-11H2,(H,19,21). The maximum atomic E-state index is 13.4. The second-order valence-electron chi connectivity index (χ2n) is 5.04. The Balaban J connectivity index is 1.81. The molecule has 0 saturated heterocycles. The van der Waals surface area contributed by atoms with Gasteiger partial charge in [0.15, 0.2) is 6.61 Å². The van der Waals surface area contributed by atoms with Gasteiger partial charge in [-0.1, -0.05) is 30.3 Å². The highest BCUT2D eigenvalue weighted by molar-refractivity contribution is 5.95. The predicted molar refractivity (Wildman–Crippen MR) is 86.5 cm³/mol. The molecule has 0 spiro atoms. The van der Waals surface area contributed by atoms with Gasteiger partial charge in [-0.25, -0.2) is 9.18 Å². The normalized spacial score (nSPS) is 10.1. The minimum Gasteiger partial charge on any atom is -0.452 e. The largest absolute Gasteiger partial charge is 0.452 e. The van der Waals surface area contributed by atoms with E-state index in [9.17, 15) is 24.1 Å². The molecule has 1 amide bonds. The lowest BCUT2D eigenvalue weighted by Crippen LogP contribution is -2.30. The average Bonchev–Trinajstić information content (AvgIpc) is 2.61. The summed E-state index contributed by atoms with van der Waals surface area (Å²) in [5, 5.41) is 13.3. The number of esters is 1. The molecule has 7 nitrogen and oxygen atoms in total. The summed E-state index contributed by atoms with van der Waals surface area (Å²) in [6.07, 6.45) is 0.288. The average molecular weight is 346 g/mol. The van der Waals surface area contributed by atoms with Crippen molar-refractivity contribution in [3.8, 4) is 0 Å². The number of halogens is 1. The van der Waals surface area contributed by atoms with Crippen LogP contribution in [0.25, 0.3) is 0 Å². The van der Waals surface area contributed by atoms with Gasteiger partial charge in [0.25, 0.3) is 11.6 Å². The summed E-state index contributed by atoms with van der Waals surface area (Å²) in [6, 6.07) is 11.5. The molecule has 0 aliphatic rings. The fourth-order valence-corrected chi connectivity index (χ4v) is 2.10. The smallest absolute Gasteiger partial charge is 0.345 e. The second kappa shape index (κ2) is 8.53. The molecule has 0 fully saturated rings. The van der Waals surface area contributed by atoms with Gasteiger partial charge in [0.1, 0.15) is 11.4 Å². The van der Waals surface area contributed by atoms with Crippen LogP contribution < -0.4 is 5.32 Å². The molecule has 2 aromatic carbocycles. The zero-order valence-electron chi connectivity index (χ0n) is 13.1. The molecule has 0 atom stereocenters. The van der Waals surface area contributed by atoms with Gasteiger partial charge >= 0.3 is 5.97 Å². The Hall–Kier alpha value is -3.29. The molecule has 25 heavy (non-hydrogen) atoms. The number of amides is 1. The summed E-state index contributed by atoms with van der Waals surface area (Å²) in [5.41, 5.74) is -0.168. The number of nitrogens with one attached hydrogen (secondary N) is 1. The van der Waals surface area contributed by atoms with Gasteiger partial charge in [-0.15, -0.1) is 0 Å². The third-order valence-corrected chi connectivity index (χ3v) is 3.33. The van der Waals surface area contributed by atoms with E-state index in [0.29, 0.717) is 5.56 Å². The first-order valence-corrected chi connectivity index (χ1v) is 7.39. The molecular formula is C17H15FN2O5. The molecule has 0 bridgehead atoms. The fraction of sp³-hybridized carbons (Fsp3) is 0.176. The van der Waals surface area contributed by atoms with E-state index in [0.717, 1.165) is 0 Å². The Morgan fingerprint density at radius 1 is 1.12 bits per heavy atom. The van der Waals surface area contributed by atoms with Crippen LogP contribution in [0.2, 0.25) is 0 Å². The lowest BCUT2D eigenvalue weighted by molar-refractivity contribution is -0.385. The van der Waals surface area contributed by atoms with Gasteiger partial charge in [0, 0.05) is 12.6 Å². The van der Waals surface area contributed by atoms with Gasteiger partial charge in [-0.2, -0.15) is 0 Å². The monoisotopic (exact) mass is 346 g/mol. The molecule has 2 rings (SSSR count). The third-order valence-electron chi connectivity index (χ3n) is 3.33. The summed E-state index contributed by atoms with van der Waals surface area (Å²) >= 11 is 0. The zero-order chi connectivity index (χ0) is 18.2. The summed E-state index contributed by atoms with van der Waals surface area (Å²) in [4.78, 5) is 33.7. The van der Waals surface area contributed by atoms with Crippen LogP contribution in [0.3, 0.4) is 0 Å². The molecular weight excluding hydrogens is 331 g/mol. The van der Waals surface area contributed by atoms with E-state index in [2.05, 4.69) is 5.32 Å². The highest BCUT2D eigenvalue weighted by atomic mass is 19.1. The molecule has 130 valence electrons. The van der Waals surface area contributed by atoms with Crippen molar-refractivity contribution in [2.75, 3.05) is 13.2 Å². The number of nitrogens with zero attached hydrogens (tertiary/aromatic N) is 1. The van der Waals surface area contributed by atoms with Crippen molar-refractivity contribution in [2.45, 2.75) is 6.42 Å². The van der Waals surface area contributed by atoms with Gasteiger partial charge < -0.3 is 10.1 Å². The Kier molecular flexibility index (Phi) is 6.16. The van der Waals surface area contributed by atoms with Gasteiger partial charge in [0.05, 0.1) is 4.92 Å². The van der Waals surface area contributed by atoms with Crippen LogP contribution >= 0.6 is 0 Å². The second-order valence-corrected chi connectivity index (χ2v) is 5.04. The highest BCUT2D eigenvalue weighted by Gasteiger charge is 2.21. The van der Waals surface area contributed by atoms with Crippen LogP contribution in [-0.4, -0.2) is 30.0 Å². The van der Waals surface area contributed by atoms with Crippen molar-refractivity contribution in [2.24, 2.45) is 0 Å². The molecule has 0 unspecified atom stereocenters. The molecule has 0 heterocycles. The van der Waals surface area contributed by atoms with Gasteiger partial charge in [-0.05, 0) is 24.1 Å². The third kappa shape index (κ3) is 5.10. The topological polar surface area (TPSA) is 98.5 Å². The number of ether oxygens (including phenoxy) is 1. The number of hydrogen-bond acceptors (Lipinski definition) is 5. The molecule has 0 aliphatic heterocycles. The lowest BCUT2D eigenvalue weighted by Gasteiger charge is -2.07. The van der Waals surface area contributed by atoms with Gasteiger partial charge in [-0.3, -0.25) is 14.9 Å². The number of nitro groups is 1. The Morgan fingerprint density at radius 2 is 1.80 bits per heavy atom. The van der Waals surface area contributed by atoms with Crippen molar-refractivity contribution < 1.29 is 23.6 Å². The molecule has 0 saturated carbocycles. The molecule has 8 heteroatoms. The van der Waals surface area contributed by atoms with Gasteiger partial charge in [0.2, 0.25) is 0 Å². The van der Waals surface area contributed by atoms with E-state index in [1.807, 2.05) is 0 Å². The zero-order valence-corrected chi connectivity index (χ0v) is 13.1. The van der Waals surface area contributed by atoms with Crippen molar-refractivity contribution in [3.63, 3.8) is 0 Å². The summed E-state index contributed by atoms with van der Waals surface area (Å²) in [5.74, 6) is -1.90. The number of carbonyl (C=O) groups is 2. The quantitative estimate of drug-likeness (QED) is 0.471. The van der Waals surface area contributed by atoms with Crippen LogP contribution in [-0.2, 0) is 16.0 Å². The van der Waals surface area contributed by atoms with Crippen LogP contribution in [0, 0.1) is 15.9 Å². The Bertz CT molecular complexity index is 794. The van der Waals surface area contributed by atoms with E-state index in [4.69, 9.17) is 4.74 Å². The van der Waals surface area contributed by atoms with Crippen molar-refractivity contribution in [1.29, 1.82) is 0 Å². The van der Waals surface area contributed by atoms with E-state index in [1.54, 1.807) is 18.2 Å². The minimum atomic E-state index is -0.962. The van der Waals surface area contributed by atoms with E-state index in [-0.39, 0.29) is 24.3 Å². The molecule has 1 N–H and O–H groups in total. The first-order valence-electron chi connectivity index (χ1n) is 7.39. The number of benzene rings is 2. The molecule has 2 aromatic rings. The summed E-state index contributed by atoms with van der Waals surface area (Å²) < 4.78 is 18.2. The Labute approximate surface area is 142 Å². The maximum absolute atomic E-state index is 13.4. The summed E-state index contributed by atoms with van der Waals surface area (Å²) in [6.45, 7) is -0.412. The first kappa shape index (κ1) is 18.1. The van der Waals surface area contributed by atoms with E-state index >= 15 is 0 Å². The van der Waals surface area contributed by atoms with Crippen LogP contribution in [0.5, 0.6) is 0 Å². The Morgan fingerprint density at radius 3 is 2.52 bits per heavy atom. The first-order chi connectivity index (χ1) is 12.0. The van der Waals surface area contributed by atoms with Crippen molar-refractivity contribution in [3.05, 3.63) is 75.6 Å². The molecule has 0 aromatic heterocycles. The number of para-hydroxylation sites is 1. The van der Waals surface area contributed by atoms with Crippen LogP contribution in [0.15, 0.2) is 48.5 Å². The highest BCUT2D eigenvalue weighted by Crippen LogP contribution is 2.18. The number of rotatable bonds is 7. The number of hydrogen-bond donors (Lipinski definition) is 1. The fourth-order valence-electron chi connectivity index (χ4n) is 2.10. The molecule has 0 aliphatic carbocycles. The van der Waals surface area contributed by atoms with E-state index < -0.39 is 29.1 Å². The van der Waals surface area contributed by atoms with Crippen molar-refractivity contribution in [1.82, 2.24) is 5.32 Å². The predicted octanol–water partition coefficient (Wildman–Crippen LogP) is 2.25. The lowest BCUT2D eigenvalue weighted by atomic mass is 10.1. The van der Waals surface area contributed by atoms with Crippen LogP contribution in [0.4, 0.5) is 10.1 Å². The number of carbonyl (C=O) groups excluding carboxylic acids is 2. The van der Waals surface area contributed by atoms with Crippen LogP contribution in [0.1, 0.15) is 15.9 Å². The molecule has 0 radical (unpaired) electrons. The summed E-state index contributed by atoms with van der Waals surface area (Å²) in [7, 11) is 0. The minimum absolute atomic E-state index is 0.169. The van der Waals surface area contributed by atoms with E-state index in [1.165, 1.54) is 30.3 Å². The van der Waals surface area contributed by atoms with Crippen molar-refractivity contribution >= 4 is 17.6 Å². The SMILES string of the molecule is O=C(COC(=O)c1ccccc1[N+](=O)[O-])NCCc1ccccc1F. The number of nitro benzene ring substituents is 1.